The van der Waals surface area contributed by atoms with Crippen molar-refractivity contribution in [2.24, 2.45) is 0 Å². The van der Waals surface area contributed by atoms with E-state index in [-0.39, 0.29) is 17.2 Å². The maximum Gasteiger partial charge on any atom is 0.259 e. The quantitative estimate of drug-likeness (QED) is 0.408. The average molecular weight is 380 g/mol. The molecule has 0 aliphatic heterocycles. The van der Waals surface area contributed by atoms with Gasteiger partial charge in [0.25, 0.3) is 5.91 Å². The molecular weight excluding hydrogens is 360 g/mol. The number of nitrogens with one attached hydrogen (secondary N) is 1. The first-order chi connectivity index (χ1) is 14.2. The number of fused-ring (bicyclic) bond motifs is 4. The van der Waals surface area contributed by atoms with Gasteiger partial charge < -0.3 is 15.0 Å². The summed E-state index contributed by atoms with van der Waals surface area (Å²) in [6, 6.07) is 25.3. The Balaban J connectivity index is 1.56. The fourth-order valence-electron chi connectivity index (χ4n) is 4.08. The Kier molecular flexibility index (Phi) is 3.98. The molecule has 1 aromatic heterocycles. The number of rotatable bonds is 3. The normalized spacial score (nSPS) is 11.3. The lowest BCUT2D eigenvalue weighted by molar-refractivity contribution is 0.102. The van der Waals surface area contributed by atoms with Gasteiger partial charge in [0, 0.05) is 28.5 Å². The Labute approximate surface area is 168 Å². The highest BCUT2D eigenvalue weighted by Gasteiger charge is 2.15. The number of carbonyl (C=O) groups excluding carboxylic acids is 1. The largest absolute Gasteiger partial charge is 0.507 e. The first-order valence-corrected chi connectivity index (χ1v) is 9.70. The van der Waals surface area contributed by atoms with Crippen molar-refractivity contribution in [2.75, 3.05) is 5.32 Å². The predicted octanol–water partition coefficient (Wildman–Crippen LogP) is 5.93. The van der Waals surface area contributed by atoms with E-state index < -0.39 is 0 Å². The second-order valence-corrected chi connectivity index (χ2v) is 7.16. The molecule has 1 heterocycles. The van der Waals surface area contributed by atoms with Gasteiger partial charge in [-0.25, -0.2) is 0 Å². The van der Waals surface area contributed by atoms with Crippen molar-refractivity contribution in [2.45, 2.75) is 13.5 Å². The number of phenolic OH excluding ortho intramolecular Hbond substituents is 1. The van der Waals surface area contributed by atoms with E-state index >= 15 is 0 Å². The number of amides is 1. The molecule has 1 amide bonds. The van der Waals surface area contributed by atoms with E-state index in [2.05, 4.69) is 28.9 Å². The standard InChI is InChI=1S/C25H20N2O2/c1-2-27-22-10-6-5-9-19(22)20-12-11-18(15-23(20)27)26-25(29)21-13-16-7-3-4-8-17(16)14-24(21)28/h3-15,28H,2H2,1H3,(H,26,29). The number of para-hydroxylation sites is 1. The highest BCUT2D eigenvalue weighted by molar-refractivity contribution is 6.12. The molecular formula is C25H20N2O2. The monoisotopic (exact) mass is 380 g/mol. The number of anilines is 1. The molecule has 29 heavy (non-hydrogen) atoms. The van der Waals surface area contributed by atoms with Crippen LogP contribution < -0.4 is 5.32 Å². The molecule has 0 atom stereocenters. The molecule has 4 heteroatoms. The number of nitrogens with zero attached hydrogens (tertiary/aromatic N) is 1. The van der Waals surface area contributed by atoms with Gasteiger partial charge in [-0.05, 0) is 48.0 Å². The maximum atomic E-state index is 12.9. The first-order valence-electron chi connectivity index (χ1n) is 9.70. The molecule has 0 bridgehead atoms. The Hall–Kier alpha value is -3.79. The van der Waals surface area contributed by atoms with Crippen molar-refractivity contribution >= 4 is 44.2 Å². The molecule has 0 saturated heterocycles. The van der Waals surface area contributed by atoms with Crippen molar-refractivity contribution < 1.29 is 9.90 Å². The zero-order valence-corrected chi connectivity index (χ0v) is 16.0. The number of hydrogen-bond acceptors (Lipinski definition) is 2. The lowest BCUT2D eigenvalue weighted by Gasteiger charge is -2.10. The minimum atomic E-state index is -0.327. The summed E-state index contributed by atoms with van der Waals surface area (Å²) >= 11 is 0. The summed E-state index contributed by atoms with van der Waals surface area (Å²) in [5.74, 6) is -0.350. The summed E-state index contributed by atoms with van der Waals surface area (Å²) in [6.45, 7) is 2.96. The summed E-state index contributed by atoms with van der Waals surface area (Å²) < 4.78 is 2.24. The van der Waals surface area contributed by atoms with Crippen molar-refractivity contribution in [3.63, 3.8) is 0 Å². The lowest BCUT2D eigenvalue weighted by Crippen LogP contribution is -2.12. The third-order valence-electron chi connectivity index (χ3n) is 5.46. The van der Waals surface area contributed by atoms with Crippen LogP contribution in [0, 0.1) is 0 Å². The summed E-state index contributed by atoms with van der Waals surface area (Å²) in [6.07, 6.45) is 0. The van der Waals surface area contributed by atoms with Gasteiger partial charge in [0.05, 0.1) is 11.1 Å². The van der Waals surface area contributed by atoms with Crippen molar-refractivity contribution in [1.82, 2.24) is 4.57 Å². The molecule has 5 rings (SSSR count). The van der Waals surface area contributed by atoms with Gasteiger partial charge in [-0.2, -0.15) is 0 Å². The molecule has 0 aliphatic carbocycles. The molecule has 0 spiro atoms. The van der Waals surface area contributed by atoms with Crippen LogP contribution in [0.1, 0.15) is 17.3 Å². The van der Waals surface area contributed by atoms with Crippen LogP contribution in [0.3, 0.4) is 0 Å². The van der Waals surface area contributed by atoms with Gasteiger partial charge in [-0.1, -0.05) is 48.5 Å². The van der Waals surface area contributed by atoms with Crippen LogP contribution in [0.25, 0.3) is 32.6 Å². The van der Waals surface area contributed by atoms with E-state index in [0.717, 1.165) is 28.2 Å². The van der Waals surface area contributed by atoms with E-state index in [1.165, 1.54) is 10.9 Å². The van der Waals surface area contributed by atoms with Crippen LogP contribution in [0.4, 0.5) is 5.69 Å². The molecule has 2 N–H and O–H groups in total. The Morgan fingerprint density at radius 2 is 1.55 bits per heavy atom. The SMILES string of the molecule is CCn1c2ccccc2c2ccc(NC(=O)c3cc4ccccc4cc3O)cc21. The number of hydrogen-bond donors (Lipinski definition) is 2. The second-order valence-electron chi connectivity index (χ2n) is 7.16. The molecule has 0 fully saturated rings. The Morgan fingerprint density at radius 3 is 2.34 bits per heavy atom. The van der Waals surface area contributed by atoms with Gasteiger partial charge in [0.15, 0.2) is 0 Å². The van der Waals surface area contributed by atoms with Crippen LogP contribution >= 0.6 is 0 Å². The molecule has 4 nitrogen and oxygen atoms in total. The minimum Gasteiger partial charge on any atom is -0.507 e. The van der Waals surface area contributed by atoms with Crippen LogP contribution in [0.2, 0.25) is 0 Å². The highest BCUT2D eigenvalue weighted by Crippen LogP contribution is 2.31. The molecule has 142 valence electrons. The fraction of sp³-hybridized carbons (Fsp3) is 0.0800. The third-order valence-corrected chi connectivity index (χ3v) is 5.46. The molecule has 0 unspecified atom stereocenters. The topological polar surface area (TPSA) is 54.3 Å². The van der Waals surface area contributed by atoms with Crippen LogP contribution in [-0.4, -0.2) is 15.6 Å². The average Bonchev–Trinajstić information content (AvgIpc) is 3.06. The summed E-state index contributed by atoms with van der Waals surface area (Å²) in [4.78, 5) is 12.9. The summed E-state index contributed by atoms with van der Waals surface area (Å²) in [5.41, 5.74) is 3.22. The van der Waals surface area contributed by atoms with Crippen LogP contribution in [0.5, 0.6) is 5.75 Å². The molecule has 0 saturated carbocycles. The summed E-state index contributed by atoms with van der Waals surface area (Å²) in [5, 5.41) is 17.5. The van der Waals surface area contributed by atoms with E-state index in [1.54, 1.807) is 12.1 Å². The van der Waals surface area contributed by atoms with Crippen molar-refractivity contribution in [3.8, 4) is 5.75 Å². The van der Waals surface area contributed by atoms with Gasteiger partial charge in [-0.15, -0.1) is 0 Å². The van der Waals surface area contributed by atoms with Crippen molar-refractivity contribution in [1.29, 1.82) is 0 Å². The number of phenols is 1. The van der Waals surface area contributed by atoms with E-state index in [1.807, 2.05) is 54.6 Å². The molecule has 5 aromatic rings. The number of aryl methyl sites for hydroxylation is 1. The van der Waals surface area contributed by atoms with E-state index in [0.29, 0.717) is 5.69 Å². The first kappa shape index (κ1) is 17.3. The summed E-state index contributed by atoms with van der Waals surface area (Å²) in [7, 11) is 0. The van der Waals surface area contributed by atoms with Gasteiger partial charge in [-0.3, -0.25) is 4.79 Å². The number of carbonyl (C=O) groups is 1. The minimum absolute atomic E-state index is 0.0232. The van der Waals surface area contributed by atoms with Gasteiger partial charge in [0.1, 0.15) is 5.75 Å². The molecule has 0 radical (unpaired) electrons. The maximum absolute atomic E-state index is 12.9. The Morgan fingerprint density at radius 1 is 0.862 bits per heavy atom. The zero-order chi connectivity index (χ0) is 20.0. The van der Waals surface area contributed by atoms with Crippen LogP contribution in [0.15, 0.2) is 78.9 Å². The van der Waals surface area contributed by atoms with E-state index in [4.69, 9.17) is 0 Å². The third kappa shape index (κ3) is 2.81. The lowest BCUT2D eigenvalue weighted by atomic mass is 10.1. The number of benzene rings is 4. The zero-order valence-electron chi connectivity index (χ0n) is 16.0. The van der Waals surface area contributed by atoms with Gasteiger partial charge in [0.2, 0.25) is 0 Å². The van der Waals surface area contributed by atoms with Gasteiger partial charge >= 0.3 is 0 Å². The molecule has 4 aromatic carbocycles. The fourth-order valence-corrected chi connectivity index (χ4v) is 4.08. The predicted molar refractivity (Wildman–Crippen MR) is 119 cm³/mol. The Bertz CT molecular complexity index is 1400. The van der Waals surface area contributed by atoms with Crippen LogP contribution in [-0.2, 0) is 6.54 Å². The van der Waals surface area contributed by atoms with E-state index in [9.17, 15) is 9.90 Å². The van der Waals surface area contributed by atoms with Crippen molar-refractivity contribution in [3.05, 3.63) is 84.4 Å². The smallest absolute Gasteiger partial charge is 0.259 e. The number of aromatic nitrogens is 1. The number of aromatic hydroxyl groups is 1. The highest BCUT2D eigenvalue weighted by atomic mass is 16.3. The molecule has 0 aliphatic rings. The second kappa shape index (κ2) is 6.67.